The van der Waals surface area contributed by atoms with Crippen molar-refractivity contribution in [2.45, 2.75) is 50.2 Å². The lowest BCUT2D eigenvalue weighted by Gasteiger charge is -2.45. The summed E-state index contributed by atoms with van der Waals surface area (Å²) in [5.41, 5.74) is 0. The van der Waals surface area contributed by atoms with E-state index in [1.54, 1.807) is 0 Å². The van der Waals surface area contributed by atoms with Gasteiger partial charge in [-0.05, 0) is 15.4 Å². The Morgan fingerprint density at radius 1 is 0.737 bits per heavy atom. The number of hydrogen-bond donors (Lipinski definition) is 0. The number of ether oxygens (including phenoxy) is 7. The van der Waals surface area contributed by atoms with Crippen LogP contribution in [0.2, 0.25) is 5.04 Å². The van der Waals surface area contributed by atoms with Gasteiger partial charge in [-0.25, -0.2) is 4.79 Å². The Morgan fingerprint density at radius 3 is 1.68 bits per heavy atom. The van der Waals surface area contributed by atoms with E-state index in [1.807, 2.05) is 36.4 Å². The van der Waals surface area contributed by atoms with Gasteiger partial charge in [0, 0.05) is 21.3 Å². The van der Waals surface area contributed by atoms with E-state index in [2.05, 4.69) is 45.0 Å². The smallest absolute Gasteiger partial charge is 0.338 e. The molecule has 1 aliphatic rings. The Morgan fingerprint density at radius 2 is 1.21 bits per heavy atom. The average Bonchev–Trinajstić information content (AvgIpc) is 2.91. The number of hydrogen-bond acceptors (Lipinski definition) is 9. The van der Waals surface area contributed by atoms with Crippen LogP contribution >= 0.6 is 0 Å². The first kappa shape index (κ1) is 30.4. The Hall–Kier alpha value is -2.15. The van der Waals surface area contributed by atoms with Crippen molar-refractivity contribution in [3.8, 4) is 0 Å². The van der Waals surface area contributed by atoms with Crippen molar-refractivity contribution in [1.82, 2.24) is 0 Å². The molecule has 0 saturated carbocycles. The van der Waals surface area contributed by atoms with Gasteiger partial charge in [-0.2, -0.15) is 0 Å². The van der Waals surface area contributed by atoms with Crippen molar-refractivity contribution in [2.24, 2.45) is 0 Å². The minimum absolute atomic E-state index is 0.0399. The van der Waals surface area contributed by atoms with E-state index in [-0.39, 0.29) is 32.0 Å². The fourth-order valence-corrected chi connectivity index (χ4v) is 9.45. The van der Waals surface area contributed by atoms with Crippen molar-refractivity contribution < 1.29 is 42.4 Å². The van der Waals surface area contributed by atoms with Crippen LogP contribution in [0.1, 0.15) is 20.8 Å². The largest absolute Gasteiger partial charge is 0.455 e. The van der Waals surface area contributed by atoms with Crippen LogP contribution in [0, 0.1) is 0 Å². The lowest BCUT2D eigenvalue weighted by molar-refractivity contribution is -0.261. The molecule has 210 valence electrons. The maximum absolute atomic E-state index is 13.1. The number of methoxy groups -OCH3 is 3. The summed E-state index contributed by atoms with van der Waals surface area (Å²) < 4.78 is 45.7. The zero-order valence-corrected chi connectivity index (χ0v) is 24.1. The van der Waals surface area contributed by atoms with Gasteiger partial charge >= 0.3 is 5.97 Å². The number of carbonyl (C=O) groups excluding carboxylic acids is 1. The predicted octanol–water partition coefficient (Wildman–Crippen LogP) is 2.46. The summed E-state index contributed by atoms with van der Waals surface area (Å²) in [5.74, 6) is -0.587. The number of rotatable bonds is 14. The van der Waals surface area contributed by atoms with E-state index >= 15 is 0 Å². The molecule has 3 unspecified atom stereocenters. The van der Waals surface area contributed by atoms with E-state index in [0.717, 1.165) is 10.4 Å². The minimum Gasteiger partial charge on any atom is -0.455 e. The zero-order chi connectivity index (χ0) is 27.6. The number of benzene rings is 2. The first-order chi connectivity index (χ1) is 18.3. The first-order valence-electron chi connectivity index (χ1n) is 12.6. The highest BCUT2D eigenvalue weighted by Gasteiger charge is 2.53. The molecule has 0 N–H and O–H groups in total. The highest BCUT2D eigenvalue weighted by Crippen LogP contribution is 2.37. The molecular formula is C28H40O9Si. The first-order valence-corrected chi connectivity index (χ1v) is 14.5. The molecule has 0 bridgehead atoms. The second-order valence-electron chi connectivity index (χ2n) is 10.0. The van der Waals surface area contributed by atoms with E-state index < -0.39 is 38.7 Å². The monoisotopic (exact) mass is 548 g/mol. The summed E-state index contributed by atoms with van der Waals surface area (Å²) in [7, 11) is 1.60. The van der Waals surface area contributed by atoms with Gasteiger partial charge in [-0.3, -0.25) is 0 Å². The van der Waals surface area contributed by atoms with Crippen molar-refractivity contribution >= 4 is 24.7 Å². The maximum atomic E-state index is 13.1. The summed E-state index contributed by atoms with van der Waals surface area (Å²) in [6.45, 7) is 6.41. The third-order valence-electron chi connectivity index (χ3n) is 6.49. The van der Waals surface area contributed by atoms with E-state index in [0.29, 0.717) is 0 Å². The molecule has 1 saturated heterocycles. The molecule has 0 aromatic heterocycles. The average molecular weight is 549 g/mol. The van der Waals surface area contributed by atoms with Gasteiger partial charge < -0.3 is 37.6 Å². The van der Waals surface area contributed by atoms with Crippen molar-refractivity contribution in [2.75, 3.05) is 48.3 Å². The molecule has 0 aliphatic carbocycles. The summed E-state index contributed by atoms with van der Waals surface area (Å²) in [4.78, 5) is 13.1. The van der Waals surface area contributed by atoms with Crippen LogP contribution in [0.5, 0.6) is 0 Å². The lowest BCUT2D eigenvalue weighted by Crippen LogP contribution is -2.68. The fraction of sp³-hybridized carbons (Fsp3) is 0.536. The molecule has 9 nitrogen and oxygen atoms in total. The van der Waals surface area contributed by atoms with Gasteiger partial charge in [0.25, 0.3) is 8.32 Å². The van der Waals surface area contributed by atoms with Crippen LogP contribution in [-0.2, 0) is 42.4 Å². The number of carbonyl (C=O) groups is 1. The van der Waals surface area contributed by atoms with Crippen LogP contribution in [-0.4, -0.2) is 87.0 Å². The minimum atomic E-state index is -2.90. The molecular weight excluding hydrogens is 508 g/mol. The molecule has 3 rings (SSSR count). The van der Waals surface area contributed by atoms with Crippen LogP contribution in [0.3, 0.4) is 0 Å². The van der Waals surface area contributed by atoms with Gasteiger partial charge in [0.05, 0.1) is 6.61 Å². The predicted molar refractivity (Wildman–Crippen MR) is 144 cm³/mol. The summed E-state index contributed by atoms with van der Waals surface area (Å²) in [6.07, 6.45) is -3.45. The molecule has 2 aromatic rings. The standard InChI is InChI=1S/C28H40O9Si/c1-28(2,3)38(21-13-9-7-10-14-21,22-15-11-8-12-16-22)36-17-23-24(33-18-30-4)25(34-19-31-5)26(27(29)37-23)35-20-32-6/h7-16,23-26H,17-20H2,1-6H3/t23?,24-,25?,26?/m1/s1. The molecule has 38 heavy (non-hydrogen) atoms. The molecule has 2 aromatic carbocycles. The molecule has 0 spiro atoms. The van der Waals surface area contributed by atoms with Crippen LogP contribution < -0.4 is 10.4 Å². The van der Waals surface area contributed by atoms with Crippen LogP contribution in [0.15, 0.2) is 60.7 Å². The van der Waals surface area contributed by atoms with Gasteiger partial charge in [0.15, 0.2) is 12.2 Å². The van der Waals surface area contributed by atoms with Crippen LogP contribution in [0.25, 0.3) is 0 Å². The maximum Gasteiger partial charge on any atom is 0.338 e. The quantitative estimate of drug-likeness (QED) is 0.201. The van der Waals surface area contributed by atoms with E-state index in [1.165, 1.54) is 21.3 Å². The van der Waals surface area contributed by atoms with Crippen LogP contribution in [0.4, 0.5) is 0 Å². The highest BCUT2D eigenvalue weighted by molar-refractivity contribution is 6.99. The highest BCUT2D eigenvalue weighted by atomic mass is 28.4. The SMILES string of the molecule is COCOC1C(=O)OC(CO[Si](c2ccccc2)(c2ccccc2)C(C)(C)C)[C@@H](OCOC)C1OCOC. The van der Waals surface area contributed by atoms with Gasteiger partial charge in [-0.1, -0.05) is 81.4 Å². The van der Waals surface area contributed by atoms with Crippen molar-refractivity contribution in [3.63, 3.8) is 0 Å². The fourth-order valence-electron chi connectivity index (χ4n) is 4.88. The lowest BCUT2D eigenvalue weighted by atomic mass is 9.99. The summed E-state index contributed by atoms with van der Waals surface area (Å²) in [6, 6.07) is 20.5. The summed E-state index contributed by atoms with van der Waals surface area (Å²) in [5, 5.41) is 1.97. The molecule has 1 fully saturated rings. The molecule has 10 heteroatoms. The molecule has 0 amide bonds. The third kappa shape index (κ3) is 6.88. The number of esters is 1. The molecule has 0 radical (unpaired) electrons. The Kier molecular flexibility index (Phi) is 11.4. The Labute approximate surface area is 226 Å². The third-order valence-corrected chi connectivity index (χ3v) is 11.5. The Balaban J connectivity index is 2.01. The normalized spacial score (nSPS) is 22.3. The van der Waals surface area contributed by atoms with E-state index in [4.69, 9.17) is 37.6 Å². The van der Waals surface area contributed by atoms with Gasteiger partial charge in [0.1, 0.15) is 32.6 Å². The number of cyclic esters (lactones) is 1. The second-order valence-corrected chi connectivity index (χ2v) is 14.3. The van der Waals surface area contributed by atoms with Gasteiger partial charge in [-0.15, -0.1) is 0 Å². The Bertz CT molecular complexity index is 928. The molecule has 1 heterocycles. The zero-order valence-electron chi connectivity index (χ0n) is 23.1. The second kappa shape index (κ2) is 14.3. The van der Waals surface area contributed by atoms with Crippen molar-refractivity contribution in [1.29, 1.82) is 0 Å². The topological polar surface area (TPSA) is 90.9 Å². The summed E-state index contributed by atoms with van der Waals surface area (Å²) >= 11 is 0. The van der Waals surface area contributed by atoms with Crippen molar-refractivity contribution in [3.05, 3.63) is 60.7 Å². The van der Waals surface area contributed by atoms with Gasteiger partial charge in [0.2, 0.25) is 0 Å². The molecule has 4 atom stereocenters. The molecule has 1 aliphatic heterocycles. The van der Waals surface area contributed by atoms with E-state index in [9.17, 15) is 4.79 Å².